The highest BCUT2D eigenvalue weighted by Crippen LogP contribution is 2.18. The molecule has 1 aromatic heterocycles. The lowest BCUT2D eigenvalue weighted by molar-refractivity contribution is -0.114. The first-order valence-corrected chi connectivity index (χ1v) is 8.05. The fourth-order valence-electron chi connectivity index (χ4n) is 2.27. The lowest BCUT2D eigenvalue weighted by Crippen LogP contribution is -2.13. The zero-order valence-electron chi connectivity index (χ0n) is 14.4. The minimum Gasteiger partial charge on any atom is -0.339 e. The second-order valence-electron chi connectivity index (χ2n) is 5.65. The van der Waals surface area contributed by atoms with Gasteiger partial charge in [-0.2, -0.15) is 0 Å². The largest absolute Gasteiger partial charge is 0.339 e. The van der Waals surface area contributed by atoms with Crippen LogP contribution in [-0.4, -0.2) is 22.0 Å². The third-order valence-corrected chi connectivity index (χ3v) is 3.47. The molecule has 0 aliphatic carbocycles. The average Bonchev–Trinajstić information content (AvgIpc) is 2.64. The number of hydrogen-bond acceptors (Lipinski definition) is 5. The van der Waals surface area contributed by atoms with Gasteiger partial charge in [0.05, 0.1) is 0 Å². The Bertz CT molecular complexity index is 959. The molecule has 2 aromatic carbocycles. The van der Waals surface area contributed by atoms with Crippen LogP contribution in [0.3, 0.4) is 0 Å². The number of rotatable bonds is 5. The van der Waals surface area contributed by atoms with E-state index in [4.69, 9.17) is 0 Å². The van der Waals surface area contributed by atoms with Crippen molar-refractivity contribution in [3.8, 4) is 0 Å². The Morgan fingerprint density at radius 3 is 2.15 bits per heavy atom. The highest BCUT2D eigenvalue weighted by Gasteiger charge is 2.08. The Morgan fingerprint density at radius 1 is 0.852 bits per heavy atom. The number of nitrogens with one attached hydrogen (secondary N) is 3. The van der Waals surface area contributed by atoms with Crippen molar-refractivity contribution in [3.63, 3.8) is 0 Å². The van der Waals surface area contributed by atoms with Crippen LogP contribution in [0.5, 0.6) is 0 Å². The van der Waals surface area contributed by atoms with Crippen molar-refractivity contribution in [2.45, 2.75) is 6.92 Å². The zero-order valence-corrected chi connectivity index (χ0v) is 14.4. The van der Waals surface area contributed by atoms with Gasteiger partial charge in [0.15, 0.2) is 11.6 Å². The summed E-state index contributed by atoms with van der Waals surface area (Å²) in [4.78, 5) is 23.1. The van der Waals surface area contributed by atoms with Gasteiger partial charge in [0.1, 0.15) is 5.82 Å². The SMILES string of the molecule is CC(=O)Nc1ccc(Nc2ccc(NC(=O)c3cccc(F)c3)nn2)cc1. The number of aromatic nitrogens is 2. The normalized spacial score (nSPS) is 10.1. The van der Waals surface area contributed by atoms with E-state index < -0.39 is 11.7 Å². The van der Waals surface area contributed by atoms with E-state index in [1.807, 2.05) is 0 Å². The van der Waals surface area contributed by atoms with Crippen molar-refractivity contribution < 1.29 is 14.0 Å². The molecule has 3 rings (SSSR count). The molecular weight excluding hydrogens is 349 g/mol. The maximum atomic E-state index is 13.2. The van der Waals surface area contributed by atoms with E-state index in [0.717, 1.165) is 11.8 Å². The predicted molar refractivity (Wildman–Crippen MR) is 100 cm³/mol. The van der Waals surface area contributed by atoms with Gasteiger partial charge >= 0.3 is 0 Å². The molecule has 27 heavy (non-hydrogen) atoms. The second kappa shape index (κ2) is 8.05. The Kier molecular flexibility index (Phi) is 5.36. The lowest BCUT2D eigenvalue weighted by Gasteiger charge is -2.08. The molecule has 1 heterocycles. The number of carbonyl (C=O) groups is 2. The Labute approximate surface area is 154 Å². The van der Waals surface area contributed by atoms with Gasteiger partial charge in [0.2, 0.25) is 5.91 Å². The molecule has 7 nitrogen and oxygen atoms in total. The number of carbonyl (C=O) groups excluding carboxylic acids is 2. The van der Waals surface area contributed by atoms with Crippen LogP contribution in [0.25, 0.3) is 0 Å². The van der Waals surface area contributed by atoms with Crippen molar-refractivity contribution >= 4 is 34.8 Å². The molecule has 0 fully saturated rings. The third-order valence-electron chi connectivity index (χ3n) is 3.47. The summed E-state index contributed by atoms with van der Waals surface area (Å²) < 4.78 is 13.2. The molecule has 0 saturated carbocycles. The van der Waals surface area contributed by atoms with Gasteiger partial charge < -0.3 is 16.0 Å². The predicted octanol–water partition coefficient (Wildman–Crippen LogP) is 3.57. The van der Waals surface area contributed by atoms with Gasteiger partial charge in [-0.25, -0.2) is 4.39 Å². The van der Waals surface area contributed by atoms with Gasteiger partial charge in [-0.1, -0.05) is 6.07 Å². The molecule has 3 N–H and O–H groups in total. The first-order valence-electron chi connectivity index (χ1n) is 8.05. The number of nitrogens with zero attached hydrogens (tertiary/aromatic N) is 2. The monoisotopic (exact) mass is 365 g/mol. The summed E-state index contributed by atoms with van der Waals surface area (Å²) in [7, 11) is 0. The van der Waals surface area contributed by atoms with Gasteiger partial charge in [0.25, 0.3) is 5.91 Å². The minimum atomic E-state index is -0.488. The van der Waals surface area contributed by atoms with E-state index in [9.17, 15) is 14.0 Å². The van der Waals surface area contributed by atoms with Crippen LogP contribution in [0, 0.1) is 5.82 Å². The van der Waals surface area contributed by atoms with Gasteiger partial charge in [-0.05, 0) is 54.6 Å². The quantitative estimate of drug-likeness (QED) is 0.642. The summed E-state index contributed by atoms with van der Waals surface area (Å²) in [6.07, 6.45) is 0. The molecular formula is C19H16FN5O2. The molecule has 3 aromatic rings. The van der Waals surface area contributed by atoms with E-state index in [-0.39, 0.29) is 17.3 Å². The summed E-state index contributed by atoms with van der Waals surface area (Å²) in [6, 6.07) is 15.7. The maximum Gasteiger partial charge on any atom is 0.256 e. The average molecular weight is 365 g/mol. The number of amides is 2. The van der Waals surface area contributed by atoms with Crippen molar-refractivity contribution in [2.75, 3.05) is 16.0 Å². The molecule has 0 unspecified atom stereocenters. The smallest absolute Gasteiger partial charge is 0.256 e. The molecule has 2 amide bonds. The molecule has 8 heteroatoms. The van der Waals surface area contributed by atoms with Crippen molar-refractivity contribution in [2.24, 2.45) is 0 Å². The number of benzene rings is 2. The molecule has 0 saturated heterocycles. The number of halogens is 1. The van der Waals surface area contributed by atoms with Gasteiger partial charge in [-0.3, -0.25) is 9.59 Å². The molecule has 0 radical (unpaired) electrons. The zero-order chi connectivity index (χ0) is 19.2. The van der Waals surface area contributed by atoms with Crippen LogP contribution in [0.2, 0.25) is 0 Å². The van der Waals surface area contributed by atoms with Gasteiger partial charge in [-0.15, -0.1) is 10.2 Å². The van der Waals surface area contributed by atoms with Crippen LogP contribution in [0.1, 0.15) is 17.3 Å². The summed E-state index contributed by atoms with van der Waals surface area (Å²) in [5.41, 5.74) is 1.64. The maximum absolute atomic E-state index is 13.2. The first kappa shape index (κ1) is 18.0. The molecule has 136 valence electrons. The van der Waals surface area contributed by atoms with E-state index >= 15 is 0 Å². The Balaban J connectivity index is 1.61. The standard InChI is InChI=1S/C19H16FN5O2/c1-12(26)21-15-5-7-16(8-6-15)22-17-9-10-18(25-24-17)23-19(27)13-3-2-4-14(20)11-13/h2-11H,1H3,(H,21,26)(H,22,24)(H,23,25,27). The van der Waals surface area contributed by atoms with Crippen molar-refractivity contribution in [1.29, 1.82) is 0 Å². The molecule has 0 aliphatic rings. The number of anilines is 4. The third kappa shape index (κ3) is 5.08. The van der Waals surface area contributed by atoms with Crippen molar-refractivity contribution in [1.82, 2.24) is 10.2 Å². The van der Waals surface area contributed by atoms with E-state index in [1.165, 1.54) is 25.1 Å². The van der Waals surface area contributed by atoms with Crippen LogP contribution in [-0.2, 0) is 4.79 Å². The summed E-state index contributed by atoms with van der Waals surface area (Å²) >= 11 is 0. The molecule has 0 atom stereocenters. The van der Waals surface area contributed by atoms with E-state index in [1.54, 1.807) is 36.4 Å². The van der Waals surface area contributed by atoms with Crippen LogP contribution in [0.15, 0.2) is 60.7 Å². The summed E-state index contributed by atoms with van der Waals surface area (Å²) in [5.74, 6) is -0.379. The van der Waals surface area contributed by atoms with E-state index in [2.05, 4.69) is 26.1 Å². The highest BCUT2D eigenvalue weighted by molar-refractivity contribution is 6.03. The summed E-state index contributed by atoms with van der Waals surface area (Å²) in [6.45, 7) is 1.44. The fourth-order valence-corrected chi connectivity index (χ4v) is 2.27. The molecule has 0 bridgehead atoms. The minimum absolute atomic E-state index is 0.141. The van der Waals surface area contributed by atoms with Crippen LogP contribution < -0.4 is 16.0 Å². The van der Waals surface area contributed by atoms with Crippen molar-refractivity contribution in [3.05, 3.63) is 72.0 Å². The fraction of sp³-hybridized carbons (Fsp3) is 0.0526. The topological polar surface area (TPSA) is 96.0 Å². The van der Waals surface area contributed by atoms with E-state index in [0.29, 0.717) is 11.5 Å². The first-order chi connectivity index (χ1) is 13.0. The molecule has 0 aliphatic heterocycles. The van der Waals surface area contributed by atoms with Crippen LogP contribution in [0.4, 0.5) is 27.4 Å². The van der Waals surface area contributed by atoms with Crippen LogP contribution >= 0.6 is 0 Å². The Hall–Kier alpha value is -3.81. The molecule has 0 spiro atoms. The lowest BCUT2D eigenvalue weighted by atomic mass is 10.2. The summed E-state index contributed by atoms with van der Waals surface area (Å²) in [5, 5.41) is 16.2. The Morgan fingerprint density at radius 2 is 1.52 bits per heavy atom. The highest BCUT2D eigenvalue weighted by atomic mass is 19.1. The second-order valence-corrected chi connectivity index (χ2v) is 5.65. The number of hydrogen-bond donors (Lipinski definition) is 3. The van der Waals surface area contributed by atoms with Gasteiger partial charge in [0, 0.05) is 23.9 Å².